The van der Waals surface area contributed by atoms with Gasteiger partial charge in [0.1, 0.15) is 17.1 Å². The maximum absolute atomic E-state index is 11.9. The normalized spacial score (nSPS) is 10.3. The number of aromatic hydroxyl groups is 1. The van der Waals surface area contributed by atoms with Crippen LogP contribution in [-0.2, 0) is 7.05 Å². The zero-order chi connectivity index (χ0) is 13.3. The largest absolute Gasteiger partial charge is 0.506 e. The van der Waals surface area contributed by atoms with Gasteiger partial charge in [0, 0.05) is 12.1 Å². The highest BCUT2D eigenvalue weighted by atomic mass is 35.5. The first-order valence-corrected chi connectivity index (χ1v) is 5.44. The number of nitrogens with two attached hydrogens (primary N) is 1. The molecule has 0 radical (unpaired) electrons. The van der Waals surface area contributed by atoms with E-state index < -0.39 is 5.91 Å². The lowest BCUT2D eigenvalue weighted by Gasteiger charge is -2.07. The molecule has 1 aromatic carbocycles. The Morgan fingerprint density at radius 1 is 1.56 bits per heavy atom. The van der Waals surface area contributed by atoms with Crippen LogP contribution in [0, 0.1) is 0 Å². The summed E-state index contributed by atoms with van der Waals surface area (Å²) in [4.78, 5) is 11.9. The van der Waals surface area contributed by atoms with E-state index >= 15 is 0 Å². The molecule has 0 saturated heterocycles. The number of carbonyl (C=O) groups excluding carboxylic acids is 1. The maximum atomic E-state index is 11.9. The summed E-state index contributed by atoms with van der Waals surface area (Å²) in [5.74, 6) is -0.289. The lowest BCUT2D eigenvalue weighted by molar-refractivity contribution is 0.102. The van der Waals surface area contributed by atoms with Crippen molar-refractivity contribution in [1.29, 1.82) is 0 Å². The number of carbonyl (C=O) groups is 1. The summed E-state index contributed by atoms with van der Waals surface area (Å²) in [5.41, 5.74) is 6.13. The van der Waals surface area contributed by atoms with Gasteiger partial charge in [-0.2, -0.15) is 5.10 Å². The molecule has 2 aromatic rings. The number of benzene rings is 1. The number of phenolic OH excluding ortho intramolecular Hbond substituents is 1. The Hall–Kier alpha value is -2.21. The van der Waals surface area contributed by atoms with Gasteiger partial charge < -0.3 is 16.2 Å². The third-order valence-electron chi connectivity index (χ3n) is 2.44. The zero-order valence-electron chi connectivity index (χ0n) is 9.51. The van der Waals surface area contributed by atoms with E-state index in [4.69, 9.17) is 17.3 Å². The van der Waals surface area contributed by atoms with E-state index in [0.717, 1.165) is 0 Å². The molecule has 1 amide bonds. The first-order chi connectivity index (χ1) is 8.49. The molecular weight excluding hydrogens is 256 g/mol. The molecule has 18 heavy (non-hydrogen) atoms. The predicted octanol–water partition coefficient (Wildman–Crippen LogP) is 1.61. The fourth-order valence-electron chi connectivity index (χ4n) is 1.42. The van der Waals surface area contributed by atoms with Gasteiger partial charge in [-0.3, -0.25) is 9.48 Å². The van der Waals surface area contributed by atoms with Crippen LogP contribution < -0.4 is 11.1 Å². The van der Waals surface area contributed by atoms with E-state index in [1.165, 1.54) is 29.1 Å². The number of aromatic nitrogens is 2. The van der Waals surface area contributed by atoms with Gasteiger partial charge in [0.2, 0.25) is 0 Å². The highest BCUT2D eigenvalue weighted by Crippen LogP contribution is 2.27. The third-order valence-corrected chi connectivity index (χ3v) is 2.67. The van der Waals surface area contributed by atoms with Crippen molar-refractivity contribution in [3.05, 3.63) is 35.0 Å². The number of aryl methyl sites for hydroxylation is 1. The summed E-state index contributed by atoms with van der Waals surface area (Å²) in [7, 11) is 1.63. The predicted molar refractivity (Wildman–Crippen MR) is 68.7 cm³/mol. The number of anilines is 2. The van der Waals surface area contributed by atoms with Gasteiger partial charge in [0.25, 0.3) is 5.91 Å². The van der Waals surface area contributed by atoms with E-state index in [1.807, 2.05) is 0 Å². The van der Waals surface area contributed by atoms with Crippen LogP contribution in [0.3, 0.4) is 0 Å². The summed E-state index contributed by atoms with van der Waals surface area (Å²) in [5, 5.41) is 16.4. The van der Waals surface area contributed by atoms with E-state index in [9.17, 15) is 9.90 Å². The molecule has 0 spiro atoms. The second-order valence-corrected chi connectivity index (χ2v) is 4.12. The van der Waals surface area contributed by atoms with Crippen LogP contribution >= 0.6 is 11.6 Å². The molecule has 0 aliphatic rings. The van der Waals surface area contributed by atoms with E-state index in [2.05, 4.69) is 10.4 Å². The minimum Gasteiger partial charge on any atom is -0.506 e. The maximum Gasteiger partial charge on any atom is 0.261 e. The lowest BCUT2D eigenvalue weighted by Crippen LogP contribution is -2.13. The van der Waals surface area contributed by atoms with Gasteiger partial charge in [0.05, 0.1) is 11.9 Å². The van der Waals surface area contributed by atoms with E-state index in [0.29, 0.717) is 5.02 Å². The third kappa shape index (κ3) is 2.23. The molecule has 1 aromatic heterocycles. The summed E-state index contributed by atoms with van der Waals surface area (Å²) in [6.07, 6.45) is 1.35. The van der Waals surface area contributed by atoms with Crippen molar-refractivity contribution in [3.63, 3.8) is 0 Å². The Bertz CT molecular complexity index is 609. The van der Waals surface area contributed by atoms with Gasteiger partial charge in [0.15, 0.2) is 0 Å². The number of amides is 1. The van der Waals surface area contributed by atoms with Crippen molar-refractivity contribution in [1.82, 2.24) is 9.78 Å². The molecule has 0 aliphatic carbocycles. The number of phenols is 1. The van der Waals surface area contributed by atoms with Gasteiger partial charge in [-0.05, 0) is 18.2 Å². The van der Waals surface area contributed by atoms with Crippen LogP contribution in [0.15, 0.2) is 24.4 Å². The first kappa shape index (κ1) is 12.3. The Labute approximate surface area is 108 Å². The zero-order valence-corrected chi connectivity index (χ0v) is 10.3. The Morgan fingerprint density at radius 3 is 2.89 bits per heavy atom. The molecular formula is C11H11ClN4O2. The average Bonchev–Trinajstić information content (AvgIpc) is 2.65. The molecule has 4 N–H and O–H groups in total. The minimum absolute atomic E-state index is 0.0739. The van der Waals surface area contributed by atoms with Gasteiger partial charge in [-0.25, -0.2) is 0 Å². The highest BCUT2D eigenvalue weighted by Gasteiger charge is 2.15. The Morgan fingerprint density at radius 2 is 2.28 bits per heavy atom. The second kappa shape index (κ2) is 4.58. The molecule has 2 rings (SSSR count). The van der Waals surface area contributed by atoms with Crippen LogP contribution in [0.1, 0.15) is 10.4 Å². The minimum atomic E-state index is -0.460. The van der Waals surface area contributed by atoms with Crippen molar-refractivity contribution in [2.45, 2.75) is 0 Å². The number of nitrogens with zero attached hydrogens (tertiary/aromatic N) is 2. The molecule has 0 atom stereocenters. The molecule has 0 aliphatic heterocycles. The van der Waals surface area contributed by atoms with Crippen molar-refractivity contribution >= 4 is 29.0 Å². The molecule has 0 saturated carbocycles. The van der Waals surface area contributed by atoms with Crippen molar-refractivity contribution in [2.75, 3.05) is 11.1 Å². The highest BCUT2D eigenvalue weighted by molar-refractivity contribution is 6.31. The molecule has 0 unspecified atom stereocenters. The number of hydrogen-bond acceptors (Lipinski definition) is 4. The topological polar surface area (TPSA) is 93.2 Å². The number of nitrogens with one attached hydrogen (secondary N) is 1. The van der Waals surface area contributed by atoms with Crippen molar-refractivity contribution < 1.29 is 9.90 Å². The van der Waals surface area contributed by atoms with E-state index in [-0.39, 0.29) is 22.8 Å². The van der Waals surface area contributed by atoms with Crippen LogP contribution in [0.2, 0.25) is 5.02 Å². The molecule has 7 heteroatoms. The standard InChI is InChI=1S/C11H11ClN4O2/c1-16-10(13)7(5-14-16)11(18)15-8-4-6(12)2-3-9(8)17/h2-5,17H,13H2,1H3,(H,15,18). The average molecular weight is 267 g/mol. The van der Waals surface area contributed by atoms with Crippen LogP contribution in [0.5, 0.6) is 5.75 Å². The summed E-state index contributed by atoms with van der Waals surface area (Å²) in [6.45, 7) is 0. The summed E-state index contributed by atoms with van der Waals surface area (Å²) >= 11 is 5.78. The molecule has 0 bridgehead atoms. The van der Waals surface area contributed by atoms with Gasteiger partial charge >= 0.3 is 0 Å². The number of rotatable bonds is 2. The number of nitrogen functional groups attached to an aromatic ring is 1. The van der Waals surface area contributed by atoms with Crippen LogP contribution in [0.4, 0.5) is 11.5 Å². The van der Waals surface area contributed by atoms with Crippen LogP contribution in [-0.4, -0.2) is 20.8 Å². The molecule has 1 heterocycles. The smallest absolute Gasteiger partial charge is 0.261 e. The first-order valence-electron chi connectivity index (χ1n) is 5.06. The SMILES string of the molecule is Cn1ncc(C(=O)Nc2cc(Cl)ccc2O)c1N. The lowest BCUT2D eigenvalue weighted by atomic mass is 10.2. The van der Waals surface area contributed by atoms with Crippen molar-refractivity contribution in [3.8, 4) is 5.75 Å². The second-order valence-electron chi connectivity index (χ2n) is 3.68. The fourth-order valence-corrected chi connectivity index (χ4v) is 1.59. The molecule has 94 valence electrons. The number of halogens is 1. The van der Waals surface area contributed by atoms with E-state index in [1.54, 1.807) is 7.05 Å². The fraction of sp³-hybridized carbons (Fsp3) is 0.0909. The van der Waals surface area contributed by atoms with Gasteiger partial charge in [-0.15, -0.1) is 0 Å². The van der Waals surface area contributed by atoms with Gasteiger partial charge in [-0.1, -0.05) is 11.6 Å². The Kier molecular flexibility index (Phi) is 3.12. The van der Waals surface area contributed by atoms with Crippen LogP contribution in [0.25, 0.3) is 0 Å². The summed E-state index contributed by atoms with van der Waals surface area (Å²) < 4.78 is 1.38. The summed E-state index contributed by atoms with van der Waals surface area (Å²) in [6, 6.07) is 4.36. The molecule has 6 nitrogen and oxygen atoms in total. The Balaban J connectivity index is 2.27. The number of hydrogen-bond donors (Lipinski definition) is 3. The quantitative estimate of drug-likeness (QED) is 0.720. The van der Waals surface area contributed by atoms with Crippen molar-refractivity contribution in [2.24, 2.45) is 7.05 Å². The molecule has 0 fully saturated rings. The monoisotopic (exact) mass is 266 g/mol.